The van der Waals surface area contributed by atoms with E-state index in [0.717, 1.165) is 12.1 Å². The van der Waals surface area contributed by atoms with Gasteiger partial charge in [0.2, 0.25) is 0 Å². The fraction of sp³-hybridized carbons (Fsp3) is 0.182. The number of non-ortho nitro benzene ring substituents is 1. The quantitative estimate of drug-likeness (QED) is 0.635. The average molecular weight is 308 g/mol. The minimum atomic E-state index is -1.52. The zero-order valence-corrected chi connectivity index (χ0v) is 11.0. The van der Waals surface area contributed by atoms with E-state index in [-0.39, 0.29) is 17.0 Å². The van der Waals surface area contributed by atoms with E-state index >= 15 is 0 Å². The number of aromatic nitrogens is 2. The van der Waals surface area contributed by atoms with Gasteiger partial charge in [0.15, 0.2) is 0 Å². The number of rotatable bonds is 5. The Balaban J connectivity index is 2.67. The maximum absolute atomic E-state index is 11.5. The van der Waals surface area contributed by atoms with Crippen LogP contribution >= 0.6 is 0 Å². The summed E-state index contributed by atoms with van der Waals surface area (Å²) < 4.78 is 4.42. The lowest BCUT2D eigenvalue weighted by Gasteiger charge is -2.10. The molecule has 0 fully saturated rings. The first-order chi connectivity index (χ1) is 10.3. The molecule has 1 heterocycles. The molecule has 0 aliphatic rings. The largest absolute Gasteiger partial charge is 0.480 e. The molecule has 0 spiro atoms. The van der Waals surface area contributed by atoms with Crippen molar-refractivity contribution in [3.63, 3.8) is 0 Å². The molecule has 2 rings (SSSR count). The van der Waals surface area contributed by atoms with Crippen molar-refractivity contribution in [3.05, 3.63) is 55.4 Å². The van der Waals surface area contributed by atoms with Crippen LogP contribution in [0.5, 0.6) is 0 Å². The molecule has 0 amide bonds. The van der Waals surface area contributed by atoms with Crippen molar-refractivity contribution in [3.8, 4) is 0 Å². The number of aryl methyl sites for hydroxylation is 1. The average Bonchev–Trinajstić information content (AvgIpc) is 2.84. The number of aliphatic carboxylic acids is 1. The summed E-state index contributed by atoms with van der Waals surface area (Å²) in [7, 11) is 0. The minimum absolute atomic E-state index is 0.107. The summed E-state index contributed by atoms with van der Waals surface area (Å²) in [6.45, 7) is 1.43. The van der Waals surface area contributed by atoms with Crippen LogP contribution in [0.4, 0.5) is 11.4 Å². The summed E-state index contributed by atoms with van der Waals surface area (Å²) in [5.74, 6) is -2.94. The highest BCUT2D eigenvalue weighted by molar-refractivity contribution is 5.82. The van der Waals surface area contributed by atoms with Crippen LogP contribution in [0.1, 0.15) is 22.9 Å². The first-order valence-electron chi connectivity index (χ1n) is 5.77. The summed E-state index contributed by atoms with van der Waals surface area (Å²) in [6.07, 6.45) is 0. The molecular formula is C11H8N4O7. The number of nitro benzene ring substituents is 2. The normalized spacial score (nSPS) is 11.9. The lowest BCUT2D eigenvalue weighted by Crippen LogP contribution is -2.16. The standard InChI is InChI=1S/C11H8N4O7/c1-5-10(13-22-12-5)9(11(16)17)7-3-2-6(14(18)19)4-8(7)15(20)21/h2-4,9H,1H3,(H,16,17). The monoisotopic (exact) mass is 308 g/mol. The molecule has 0 saturated carbocycles. The second-order valence-electron chi connectivity index (χ2n) is 4.26. The molecule has 0 radical (unpaired) electrons. The van der Waals surface area contributed by atoms with E-state index in [1.165, 1.54) is 6.92 Å². The zero-order chi connectivity index (χ0) is 16.4. The summed E-state index contributed by atoms with van der Waals surface area (Å²) in [4.78, 5) is 31.6. The number of carboxylic acid groups (broad SMARTS) is 1. The summed E-state index contributed by atoms with van der Waals surface area (Å²) in [6, 6.07) is 2.71. The highest BCUT2D eigenvalue weighted by Crippen LogP contribution is 2.34. The minimum Gasteiger partial charge on any atom is -0.480 e. The Kier molecular flexibility index (Phi) is 3.79. The van der Waals surface area contributed by atoms with Gasteiger partial charge in [-0.1, -0.05) is 10.3 Å². The lowest BCUT2D eigenvalue weighted by molar-refractivity contribution is -0.394. The van der Waals surface area contributed by atoms with Crippen LogP contribution in [-0.2, 0) is 4.79 Å². The first-order valence-corrected chi connectivity index (χ1v) is 5.77. The second-order valence-corrected chi connectivity index (χ2v) is 4.26. The van der Waals surface area contributed by atoms with Crippen molar-refractivity contribution in [2.75, 3.05) is 0 Å². The topological polar surface area (TPSA) is 163 Å². The molecule has 2 aromatic rings. The Hall–Kier alpha value is -3.37. The molecule has 0 aliphatic heterocycles. The predicted molar refractivity (Wildman–Crippen MR) is 68.3 cm³/mol. The van der Waals surface area contributed by atoms with E-state index < -0.39 is 33.1 Å². The molecule has 22 heavy (non-hydrogen) atoms. The second kappa shape index (κ2) is 5.55. The Morgan fingerprint density at radius 2 is 1.95 bits per heavy atom. The van der Waals surface area contributed by atoms with E-state index in [9.17, 15) is 30.1 Å². The Bertz CT molecular complexity index is 770. The van der Waals surface area contributed by atoms with Gasteiger partial charge in [0.25, 0.3) is 11.4 Å². The van der Waals surface area contributed by atoms with E-state index in [1.807, 2.05) is 0 Å². The number of hydrogen-bond donors (Lipinski definition) is 1. The molecule has 0 bridgehead atoms. The van der Waals surface area contributed by atoms with Gasteiger partial charge < -0.3 is 5.11 Å². The van der Waals surface area contributed by atoms with Gasteiger partial charge in [0, 0.05) is 6.07 Å². The summed E-state index contributed by atoms with van der Waals surface area (Å²) in [5, 5.41) is 38.0. The fourth-order valence-electron chi connectivity index (χ4n) is 1.95. The number of nitrogens with zero attached hydrogens (tertiary/aromatic N) is 4. The molecule has 1 atom stereocenters. The van der Waals surface area contributed by atoms with Crippen LogP contribution in [-0.4, -0.2) is 31.2 Å². The third-order valence-corrected chi connectivity index (χ3v) is 2.94. The molecule has 1 aromatic heterocycles. The highest BCUT2D eigenvalue weighted by atomic mass is 16.6. The van der Waals surface area contributed by atoms with Gasteiger partial charge in [-0.05, 0) is 13.0 Å². The van der Waals surface area contributed by atoms with E-state index in [4.69, 9.17) is 0 Å². The SMILES string of the molecule is Cc1nonc1C(C(=O)O)c1ccc([N+](=O)[O-])cc1[N+](=O)[O-]. The van der Waals surface area contributed by atoms with Crippen LogP contribution in [0, 0.1) is 27.2 Å². The first kappa shape index (κ1) is 15.0. The fourth-order valence-corrected chi connectivity index (χ4v) is 1.95. The molecule has 0 saturated heterocycles. The Morgan fingerprint density at radius 3 is 2.41 bits per heavy atom. The number of carbonyl (C=O) groups is 1. The van der Waals surface area contributed by atoms with Gasteiger partial charge in [-0.3, -0.25) is 25.0 Å². The zero-order valence-electron chi connectivity index (χ0n) is 11.0. The smallest absolute Gasteiger partial charge is 0.317 e. The van der Waals surface area contributed by atoms with Crippen LogP contribution < -0.4 is 0 Å². The molecule has 1 N–H and O–H groups in total. The summed E-state index contributed by atoms with van der Waals surface area (Å²) in [5.41, 5.74) is -1.41. The highest BCUT2D eigenvalue weighted by Gasteiger charge is 2.34. The molecule has 1 unspecified atom stereocenters. The molecule has 1 aromatic carbocycles. The van der Waals surface area contributed by atoms with E-state index in [1.54, 1.807) is 0 Å². The van der Waals surface area contributed by atoms with Crippen LogP contribution in [0.25, 0.3) is 0 Å². The van der Waals surface area contributed by atoms with Gasteiger partial charge in [-0.15, -0.1) is 0 Å². The van der Waals surface area contributed by atoms with Crippen molar-refractivity contribution in [1.29, 1.82) is 0 Å². The summed E-state index contributed by atoms with van der Waals surface area (Å²) >= 11 is 0. The van der Waals surface area contributed by atoms with Gasteiger partial charge in [0.05, 0.1) is 21.5 Å². The van der Waals surface area contributed by atoms with Crippen LogP contribution in [0.2, 0.25) is 0 Å². The van der Waals surface area contributed by atoms with Crippen molar-refractivity contribution in [1.82, 2.24) is 10.3 Å². The van der Waals surface area contributed by atoms with Crippen molar-refractivity contribution in [2.45, 2.75) is 12.8 Å². The predicted octanol–water partition coefficient (Wildman–Crippen LogP) is 1.41. The van der Waals surface area contributed by atoms with Crippen molar-refractivity contribution < 1.29 is 24.4 Å². The molecule has 0 aliphatic carbocycles. The third-order valence-electron chi connectivity index (χ3n) is 2.94. The number of benzene rings is 1. The molecule has 11 heteroatoms. The number of hydrogen-bond acceptors (Lipinski definition) is 8. The van der Waals surface area contributed by atoms with Gasteiger partial charge in [0.1, 0.15) is 17.3 Å². The van der Waals surface area contributed by atoms with Gasteiger partial charge in [-0.25, -0.2) is 4.63 Å². The molecular weight excluding hydrogens is 300 g/mol. The van der Waals surface area contributed by atoms with Gasteiger partial charge >= 0.3 is 5.97 Å². The molecule has 11 nitrogen and oxygen atoms in total. The van der Waals surface area contributed by atoms with Crippen LogP contribution in [0.3, 0.4) is 0 Å². The van der Waals surface area contributed by atoms with Crippen molar-refractivity contribution in [2.24, 2.45) is 0 Å². The lowest BCUT2D eigenvalue weighted by atomic mass is 9.93. The Labute approximate surface area is 121 Å². The molecule has 114 valence electrons. The Morgan fingerprint density at radius 1 is 1.27 bits per heavy atom. The van der Waals surface area contributed by atoms with E-state index in [2.05, 4.69) is 14.9 Å². The van der Waals surface area contributed by atoms with Crippen LogP contribution in [0.15, 0.2) is 22.8 Å². The third kappa shape index (κ3) is 2.59. The maximum Gasteiger partial charge on any atom is 0.317 e. The van der Waals surface area contributed by atoms with Crippen molar-refractivity contribution >= 4 is 17.3 Å². The number of carboxylic acids is 1. The number of nitro groups is 2. The van der Waals surface area contributed by atoms with E-state index in [0.29, 0.717) is 6.07 Å². The maximum atomic E-state index is 11.5. The van der Waals surface area contributed by atoms with Gasteiger partial charge in [-0.2, -0.15) is 0 Å².